The summed E-state index contributed by atoms with van der Waals surface area (Å²) in [5.41, 5.74) is 0.839. The molecule has 1 saturated heterocycles. The van der Waals surface area contributed by atoms with E-state index in [9.17, 15) is 5.11 Å². The van der Waals surface area contributed by atoms with Crippen molar-refractivity contribution in [1.29, 1.82) is 0 Å². The summed E-state index contributed by atoms with van der Waals surface area (Å²) >= 11 is 0. The van der Waals surface area contributed by atoms with Gasteiger partial charge in [-0.1, -0.05) is 36.4 Å². The van der Waals surface area contributed by atoms with Crippen LogP contribution in [0.25, 0.3) is 10.8 Å². The van der Waals surface area contributed by atoms with Gasteiger partial charge in [0.05, 0.1) is 19.3 Å². The monoisotopic (exact) mass is 258 g/mol. The molecule has 3 nitrogen and oxygen atoms in total. The topological polar surface area (TPSA) is 38.7 Å². The van der Waals surface area contributed by atoms with Crippen molar-refractivity contribution in [2.45, 2.75) is 25.6 Å². The predicted octanol–water partition coefficient (Wildman–Crippen LogP) is 3.06. The number of aliphatic hydroxyl groups excluding tert-OH is 1. The van der Waals surface area contributed by atoms with E-state index in [1.165, 1.54) is 0 Å². The molecule has 0 aromatic heterocycles. The highest BCUT2D eigenvalue weighted by molar-refractivity contribution is 5.89. The molecule has 1 heterocycles. The molecule has 1 unspecified atom stereocenters. The number of rotatable bonds is 3. The van der Waals surface area contributed by atoms with E-state index < -0.39 is 6.10 Å². The molecule has 2 atom stereocenters. The van der Waals surface area contributed by atoms with Gasteiger partial charge < -0.3 is 14.6 Å². The van der Waals surface area contributed by atoms with E-state index in [-0.39, 0.29) is 6.10 Å². The first-order valence-electron chi connectivity index (χ1n) is 6.70. The fourth-order valence-corrected chi connectivity index (χ4v) is 2.49. The molecule has 2 aromatic rings. The van der Waals surface area contributed by atoms with E-state index in [4.69, 9.17) is 9.47 Å². The summed E-state index contributed by atoms with van der Waals surface area (Å²) in [5, 5.41) is 12.1. The van der Waals surface area contributed by atoms with Gasteiger partial charge in [0.2, 0.25) is 0 Å². The lowest BCUT2D eigenvalue weighted by atomic mass is 10.0. The molecule has 1 fully saturated rings. The van der Waals surface area contributed by atoms with Crippen molar-refractivity contribution >= 4 is 10.8 Å². The Bertz CT molecular complexity index is 571. The van der Waals surface area contributed by atoms with Gasteiger partial charge in [-0.25, -0.2) is 0 Å². The van der Waals surface area contributed by atoms with Crippen LogP contribution in [-0.4, -0.2) is 24.4 Å². The quantitative estimate of drug-likeness (QED) is 0.919. The van der Waals surface area contributed by atoms with Crippen LogP contribution in [-0.2, 0) is 4.74 Å². The Hall–Kier alpha value is -1.58. The summed E-state index contributed by atoms with van der Waals surface area (Å²) in [7, 11) is 0. The number of ether oxygens (including phenoxy) is 2. The van der Waals surface area contributed by atoms with Crippen LogP contribution in [0.5, 0.6) is 5.75 Å². The molecule has 0 spiro atoms. The van der Waals surface area contributed by atoms with Gasteiger partial charge >= 0.3 is 0 Å². The summed E-state index contributed by atoms with van der Waals surface area (Å²) in [6, 6.07) is 12.1. The van der Waals surface area contributed by atoms with Crippen LogP contribution in [0.2, 0.25) is 0 Å². The normalized spacial score (nSPS) is 20.6. The molecule has 0 aliphatic carbocycles. The summed E-state index contributed by atoms with van der Waals surface area (Å²) in [6.45, 7) is 3.14. The number of hydrogen-bond donors (Lipinski definition) is 1. The second-order valence-electron chi connectivity index (χ2n) is 4.98. The Labute approximate surface area is 112 Å². The Morgan fingerprint density at radius 3 is 2.84 bits per heavy atom. The molecule has 100 valence electrons. The molecule has 0 saturated carbocycles. The molecule has 3 rings (SSSR count). The molecule has 1 aliphatic heterocycles. The van der Waals surface area contributed by atoms with E-state index in [1.54, 1.807) is 6.92 Å². The lowest BCUT2D eigenvalue weighted by molar-refractivity contribution is 0.136. The van der Waals surface area contributed by atoms with Gasteiger partial charge in [-0.3, -0.25) is 0 Å². The third-order valence-electron chi connectivity index (χ3n) is 3.53. The zero-order valence-corrected chi connectivity index (χ0v) is 11.0. The van der Waals surface area contributed by atoms with Crippen LogP contribution in [0.1, 0.15) is 25.0 Å². The molecular formula is C16H18O3. The first-order valence-corrected chi connectivity index (χ1v) is 6.70. The van der Waals surface area contributed by atoms with Gasteiger partial charge in [-0.15, -0.1) is 0 Å². The molecule has 3 heteroatoms. The third-order valence-corrected chi connectivity index (χ3v) is 3.53. The average Bonchev–Trinajstić information content (AvgIpc) is 2.92. The molecule has 1 aliphatic rings. The molecule has 0 amide bonds. The zero-order chi connectivity index (χ0) is 13.2. The molecule has 0 radical (unpaired) electrons. The average molecular weight is 258 g/mol. The minimum absolute atomic E-state index is 0.0864. The van der Waals surface area contributed by atoms with Gasteiger partial charge in [0.25, 0.3) is 0 Å². The van der Waals surface area contributed by atoms with E-state index >= 15 is 0 Å². The van der Waals surface area contributed by atoms with Gasteiger partial charge in [-0.2, -0.15) is 0 Å². The maximum Gasteiger partial charge on any atom is 0.133 e. The van der Waals surface area contributed by atoms with Crippen LogP contribution >= 0.6 is 0 Å². The van der Waals surface area contributed by atoms with Crippen LogP contribution in [0.3, 0.4) is 0 Å². The summed E-state index contributed by atoms with van der Waals surface area (Å²) in [6.07, 6.45) is 0.452. The van der Waals surface area contributed by atoms with Gasteiger partial charge in [0, 0.05) is 17.4 Å². The van der Waals surface area contributed by atoms with E-state index in [2.05, 4.69) is 6.07 Å². The van der Waals surface area contributed by atoms with E-state index in [0.717, 1.165) is 35.1 Å². The first kappa shape index (κ1) is 12.5. The summed E-state index contributed by atoms with van der Waals surface area (Å²) in [5.74, 6) is 0.795. The lowest BCUT2D eigenvalue weighted by Crippen LogP contribution is -2.17. The van der Waals surface area contributed by atoms with E-state index in [1.807, 2.05) is 30.3 Å². The Kier molecular flexibility index (Phi) is 3.40. The van der Waals surface area contributed by atoms with Crippen molar-refractivity contribution in [3.63, 3.8) is 0 Å². The fraction of sp³-hybridized carbons (Fsp3) is 0.375. The van der Waals surface area contributed by atoms with Crippen LogP contribution < -0.4 is 4.74 Å². The second kappa shape index (κ2) is 5.19. The van der Waals surface area contributed by atoms with Gasteiger partial charge in [0.1, 0.15) is 11.9 Å². The fourth-order valence-electron chi connectivity index (χ4n) is 2.49. The smallest absolute Gasteiger partial charge is 0.133 e. The van der Waals surface area contributed by atoms with Gasteiger partial charge in [-0.05, 0) is 12.3 Å². The number of aliphatic hydroxyl groups is 1. The second-order valence-corrected chi connectivity index (χ2v) is 4.98. The molecule has 1 N–H and O–H groups in total. The van der Waals surface area contributed by atoms with Crippen molar-refractivity contribution in [1.82, 2.24) is 0 Å². The Morgan fingerprint density at radius 2 is 2.11 bits per heavy atom. The Balaban J connectivity index is 2.08. The maximum atomic E-state index is 9.93. The van der Waals surface area contributed by atoms with Crippen molar-refractivity contribution < 1.29 is 14.6 Å². The molecular weight excluding hydrogens is 240 g/mol. The predicted molar refractivity (Wildman–Crippen MR) is 74.4 cm³/mol. The van der Waals surface area contributed by atoms with Crippen molar-refractivity contribution in [2.24, 2.45) is 0 Å². The van der Waals surface area contributed by atoms with Crippen molar-refractivity contribution in [3.8, 4) is 5.75 Å². The van der Waals surface area contributed by atoms with Crippen molar-refractivity contribution in [2.75, 3.05) is 13.2 Å². The molecule has 2 aromatic carbocycles. The minimum Gasteiger partial charge on any atom is -0.487 e. The van der Waals surface area contributed by atoms with Crippen molar-refractivity contribution in [3.05, 3.63) is 42.0 Å². The molecule has 19 heavy (non-hydrogen) atoms. The first-order chi connectivity index (χ1) is 9.25. The SMILES string of the molecule is C[C@H](O)c1ccc2ccccc2c1OC1CCOC1. The number of fused-ring (bicyclic) bond motifs is 1. The minimum atomic E-state index is -0.540. The lowest BCUT2D eigenvalue weighted by Gasteiger charge is -2.19. The van der Waals surface area contributed by atoms with Crippen LogP contribution in [0.4, 0.5) is 0 Å². The highest BCUT2D eigenvalue weighted by Crippen LogP contribution is 2.35. The van der Waals surface area contributed by atoms with Gasteiger partial charge in [0.15, 0.2) is 0 Å². The number of hydrogen-bond acceptors (Lipinski definition) is 3. The standard InChI is InChI=1S/C16H18O3/c1-11(17)14-7-6-12-4-2-3-5-15(12)16(14)19-13-8-9-18-10-13/h2-7,11,13,17H,8-10H2,1H3/t11-,13?/m0/s1. The maximum absolute atomic E-state index is 9.93. The number of benzene rings is 2. The highest BCUT2D eigenvalue weighted by atomic mass is 16.5. The summed E-state index contributed by atoms with van der Waals surface area (Å²) < 4.78 is 11.5. The largest absolute Gasteiger partial charge is 0.487 e. The van der Waals surface area contributed by atoms with E-state index in [0.29, 0.717) is 6.61 Å². The van der Waals surface area contributed by atoms with Crippen LogP contribution in [0, 0.1) is 0 Å². The van der Waals surface area contributed by atoms with Crippen LogP contribution in [0.15, 0.2) is 36.4 Å². The zero-order valence-electron chi connectivity index (χ0n) is 11.0. The Morgan fingerprint density at radius 1 is 1.26 bits per heavy atom. The summed E-state index contributed by atoms with van der Waals surface area (Å²) in [4.78, 5) is 0. The molecule has 0 bridgehead atoms. The highest BCUT2D eigenvalue weighted by Gasteiger charge is 2.21. The third kappa shape index (κ3) is 2.44.